The van der Waals surface area contributed by atoms with Crippen LogP contribution in [-0.4, -0.2) is 43.3 Å². The first-order chi connectivity index (χ1) is 10.1. The molecule has 122 valence electrons. The van der Waals surface area contributed by atoms with Crippen molar-refractivity contribution in [1.29, 1.82) is 0 Å². The second-order valence-electron chi connectivity index (χ2n) is 4.41. The molecule has 10 heteroatoms. The van der Waals surface area contributed by atoms with E-state index >= 15 is 0 Å². The Morgan fingerprint density at radius 1 is 1.41 bits per heavy atom. The summed E-state index contributed by atoms with van der Waals surface area (Å²) >= 11 is 5.83. The zero-order valence-corrected chi connectivity index (χ0v) is 13.3. The van der Waals surface area contributed by atoms with Crippen LogP contribution in [0.3, 0.4) is 0 Å². The van der Waals surface area contributed by atoms with E-state index in [0.717, 1.165) is 19.2 Å². The Bertz CT molecular complexity index is 708. The fourth-order valence-corrected chi connectivity index (χ4v) is 3.07. The number of benzene rings is 1. The third-order valence-corrected chi connectivity index (χ3v) is 4.85. The van der Waals surface area contributed by atoms with Gasteiger partial charge in [-0.2, -0.15) is 0 Å². The Morgan fingerprint density at radius 2 is 2.00 bits per heavy atom. The molecule has 0 aliphatic rings. The predicted octanol–water partition coefficient (Wildman–Crippen LogP) is 1.53. The number of halogens is 2. The molecule has 0 aliphatic carbocycles. The van der Waals surface area contributed by atoms with Gasteiger partial charge in [-0.3, -0.25) is 9.59 Å². The lowest BCUT2D eigenvalue weighted by Crippen LogP contribution is -2.30. The molecule has 22 heavy (non-hydrogen) atoms. The van der Waals surface area contributed by atoms with E-state index in [1.807, 2.05) is 0 Å². The third-order valence-electron chi connectivity index (χ3n) is 2.66. The molecule has 0 fully saturated rings. The summed E-state index contributed by atoms with van der Waals surface area (Å²) in [6.07, 6.45) is -0.422. The van der Waals surface area contributed by atoms with Crippen molar-refractivity contribution in [2.24, 2.45) is 0 Å². The lowest BCUT2D eigenvalue weighted by Gasteiger charge is -2.17. The van der Waals surface area contributed by atoms with E-state index in [9.17, 15) is 22.4 Å². The largest absolute Gasteiger partial charge is 0.481 e. The van der Waals surface area contributed by atoms with Crippen LogP contribution in [-0.2, 0) is 19.6 Å². The highest BCUT2D eigenvalue weighted by molar-refractivity contribution is 7.89. The fourth-order valence-electron chi connectivity index (χ4n) is 1.55. The van der Waals surface area contributed by atoms with Crippen LogP contribution in [0.2, 0.25) is 5.02 Å². The number of nitrogens with zero attached hydrogens (tertiary/aromatic N) is 1. The van der Waals surface area contributed by atoms with Crippen molar-refractivity contribution < 1.29 is 27.5 Å². The summed E-state index contributed by atoms with van der Waals surface area (Å²) in [4.78, 5) is 20.7. The van der Waals surface area contributed by atoms with Crippen molar-refractivity contribution >= 4 is 39.2 Å². The van der Waals surface area contributed by atoms with Gasteiger partial charge >= 0.3 is 5.97 Å². The molecule has 0 heterocycles. The molecule has 1 aromatic carbocycles. The molecule has 1 rings (SSSR count). The molecule has 0 saturated carbocycles. The summed E-state index contributed by atoms with van der Waals surface area (Å²) in [6.45, 7) is 0.876. The van der Waals surface area contributed by atoms with Crippen molar-refractivity contribution in [2.75, 3.05) is 18.9 Å². The average molecular weight is 353 g/mol. The van der Waals surface area contributed by atoms with E-state index in [0.29, 0.717) is 4.31 Å². The predicted molar refractivity (Wildman–Crippen MR) is 77.8 cm³/mol. The van der Waals surface area contributed by atoms with Crippen LogP contribution in [0.1, 0.15) is 13.3 Å². The smallest absolute Gasteiger partial charge is 0.304 e. The standard InChI is InChI=1S/C12H14ClFN2O5S/c1-7(17)15-10-6-9(14)11(5-8(10)13)22(20,21)16(2)4-3-12(18)19/h5-6H,3-4H2,1-2H3,(H,15,17)(H,18,19). The van der Waals surface area contributed by atoms with Crippen LogP contribution in [0.5, 0.6) is 0 Å². The second kappa shape index (κ2) is 7.03. The number of hydrogen-bond donors (Lipinski definition) is 2. The molecular formula is C12H14ClFN2O5S. The first-order valence-corrected chi connectivity index (χ1v) is 7.82. The number of sulfonamides is 1. The summed E-state index contributed by atoms with van der Waals surface area (Å²) in [5.41, 5.74) is -0.0567. The van der Waals surface area contributed by atoms with Crippen molar-refractivity contribution in [3.63, 3.8) is 0 Å². The van der Waals surface area contributed by atoms with E-state index in [1.54, 1.807) is 0 Å². The topological polar surface area (TPSA) is 104 Å². The summed E-state index contributed by atoms with van der Waals surface area (Å²) in [5, 5.41) is 10.7. The van der Waals surface area contributed by atoms with Gasteiger partial charge in [-0.05, 0) is 6.07 Å². The number of carbonyl (C=O) groups excluding carboxylic acids is 1. The SMILES string of the molecule is CC(=O)Nc1cc(F)c(S(=O)(=O)N(C)CCC(=O)O)cc1Cl. The maximum atomic E-state index is 14.0. The highest BCUT2D eigenvalue weighted by atomic mass is 35.5. The quantitative estimate of drug-likeness (QED) is 0.808. The summed E-state index contributed by atoms with van der Waals surface area (Å²) in [6, 6.07) is 1.66. The summed E-state index contributed by atoms with van der Waals surface area (Å²) in [7, 11) is -3.10. The number of hydrogen-bond acceptors (Lipinski definition) is 4. The minimum Gasteiger partial charge on any atom is -0.481 e. The van der Waals surface area contributed by atoms with Crippen molar-refractivity contribution in [3.8, 4) is 0 Å². The van der Waals surface area contributed by atoms with Crippen molar-refractivity contribution in [1.82, 2.24) is 4.31 Å². The van der Waals surface area contributed by atoms with Crippen LogP contribution in [0.25, 0.3) is 0 Å². The van der Waals surface area contributed by atoms with Gasteiger partial charge in [0.2, 0.25) is 15.9 Å². The van der Waals surface area contributed by atoms with E-state index in [2.05, 4.69) is 5.32 Å². The molecule has 0 saturated heterocycles. The van der Waals surface area contributed by atoms with Crippen LogP contribution < -0.4 is 5.32 Å². The molecule has 1 amide bonds. The number of carbonyl (C=O) groups is 2. The molecule has 0 aliphatic heterocycles. The number of carboxylic acids is 1. The number of aliphatic carboxylic acids is 1. The Morgan fingerprint density at radius 3 is 2.50 bits per heavy atom. The number of nitrogens with one attached hydrogen (secondary N) is 1. The van der Waals surface area contributed by atoms with Crippen molar-refractivity contribution in [3.05, 3.63) is 23.0 Å². The molecule has 1 aromatic rings. The Balaban J connectivity index is 3.17. The van der Waals surface area contributed by atoms with E-state index in [-0.39, 0.29) is 17.3 Å². The molecule has 0 atom stereocenters. The molecule has 0 radical (unpaired) electrons. The third kappa shape index (κ3) is 4.39. The molecule has 0 aromatic heterocycles. The molecular weight excluding hydrogens is 339 g/mol. The second-order valence-corrected chi connectivity index (χ2v) is 6.83. The number of anilines is 1. The van der Waals surface area contributed by atoms with Gasteiger partial charge < -0.3 is 10.4 Å². The Hall–Kier alpha value is -1.71. The molecule has 0 unspecified atom stereocenters. The molecule has 7 nitrogen and oxygen atoms in total. The van der Waals surface area contributed by atoms with Gasteiger partial charge in [-0.15, -0.1) is 0 Å². The monoisotopic (exact) mass is 352 g/mol. The van der Waals surface area contributed by atoms with Gasteiger partial charge in [0.25, 0.3) is 0 Å². The van der Waals surface area contributed by atoms with Gasteiger partial charge in [-0.1, -0.05) is 11.6 Å². The summed E-state index contributed by atoms with van der Waals surface area (Å²) < 4.78 is 39.1. The normalized spacial score (nSPS) is 11.5. The molecule has 0 spiro atoms. The number of amides is 1. The van der Waals surface area contributed by atoms with Crippen LogP contribution >= 0.6 is 11.6 Å². The fraction of sp³-hybridized carbons (Fsp3) is 0.333. The zero-order valence-electron chi connectivity index (χ0n) is 11.8. The Labute approximate surface area is 131 Å². The summed E-state index contributed by atoms with van der Waals surface area (Å²) in [5.74, 6) is -2.77. The van der Waals surface area contributed by atoms with Gasteiger partial charge in [0.05, 0.1) is 17.1 Å². The van der Waals surface area contributed by atoms with E-state index in [4.69, 9.17) is 16.7 Å². The number of rotatable bonds is 6. The van der Waals surface area contributed by atoms with E-state index in [1.165, 1.54) is 6.92 Å². The highest BCUT2D eigenvalue weighted by Gasteiger charge is 2.26. The van der Waals surface area contributed by atoms with Crippen LogP contribution in [0, 0.1) is 5.82 Å². The molecule has 0 bridgehead atoms. The maximum Gasteiger partial charge on any atom is 0.304 e. The van der Waals surface area contributed by atoms with E-state index < -0.39 is 39.0 Å². The zero-order chi connectivity index (χ0) is 17.1. The van der Waals surface area contributed by atoms with Gasteiger partial charge in [0, 0.05) is 26.6 Å². The molecule has 2 N–H and O–H groups in total. The first kappa shape index (κ1) is 18.3. The van der Waals surface area contributed by atoms with Crippen LogP contribution in [0.4, 0.5) is 10.1 Å². The minimum atomic E-state index is -4.24. The van der Waals surface area contributed by atoms with Gasteiger partial charge in [-0.25, -0.2) is 17.1 Å². The van der Waals surface area contributed by atoms with Crippen molar-refractivity contribution in [2.45, 2.75) is 18.2 Å². The lowest BCUT2D eigenvalue weighted by molar-refractivity contribution is -0.137. The van der Waals surface area contributed by atoms with Gasteiger partial charge in [0.15, 0.2) is 0 Å². The van der Waals surface area contributed by atoms with Gasteiger partial charge in [0.1, 0.15) is 10.7 Å². The lowest BCUT2D eigenvalue weighted by atomic mass is 10.3. The first-order valence-electron chi connectivity index (χ1n) is 6.00. The average Bonchev–Trinajstić information content (AvgIpc) is 2.38. The minimum absolute atomic E-state index is 0.0567. The van der Waals surface area contributed by atoms with Crippen LogP contribution in [0.15, 0.2) is 17.0 Å². The Kier molecular flexibility index (Phi) is 5.86. The highest BCUT2D eigenvalue weighted by Crippen LogP contribution is 2.29. The number of carboxylic acid groups (broad SMARTS) is 1. The maximum absolute atomic E-state index is 14.0.